The number of quaternary nitrogens is 1. The Balaban J connectivity index is 1.70. The van der Waals surface area contributed by atoms with Crippen LogP contribution >= 0.6 is 12.2 Å². The van der Waals surface area contributed by atoms with Gasteiger partial charge in [0.2, 0.25) is 0 Å². The highest BCUT2D eigenvalue weighted by Gasteiger charge is 2.15. The summed E-state index contributed by atoms with van der Waals surface area (Å²) in [6.07, 6.45) is 0.900. The molecule has 1 fully saturated rings. The SMILES string of the molecule is Fc1ccc(NC(=S)NCCC[NH+]2CCOCC2)c(F)c1F. The summed E-state index contributed by atoms with van der Waals surface area (Å²) in [5.41, 5.74) is -0.185. The molecule has 0 atom stereocenters. The molecular weight excluding hydrogens is 315 g/mol. The molecule has 8 heteroatoms. The fraction of sp³-hybridized carbons (Fsp3) is 0.500. The zero-order valence-electron chi connectivity index (χ0n) is 12.1. The molecular formula is C14H19F3N3OS+. The molecule has 122 valence electrons. The van der Waals surface area contributed by atoms with Crippen molar-refractivity contribution in [2.45, 2.75) is 6.42 Å². The quantitative estimate of drug-likeness (QED) is 0.421. The maximum atomic E-state index is 13.5. The second-order valence-electron chi connectivity index (χ2n) is 5.07. The summed E-state index contributed by atoms with van der Waals surface area (Å²) in [6, 6.07) is 1.96. The topological polar surface area (TPSA) is 37.7 Å². The predicted octanol–water partition coefficient (Wildman–Crippen LogP) is 0.696. The molecule has 0 aromatic heterocycles. The Morgan fingerprint density at radius 2 is 1.91 bits per heavy atom. The summed E-state index contributed by atoms with van der Waals surface area (Å²) < 4.78 is 44.7. The van der Waals surface area contributed by atoms with Crippen LogP contribution in [0.1, 0.15) is 6.42 Å². The number of thiocarbonyl (C=S) groups is 1. The van der Waals surface area contributed by atoms with E-state index in [1.807, 2.05) is 0 Å². The number of ether oxygens (including phenoxy) is 1. The van der Waals surface area contributed by atoms with Gasteiger partial charge in [0.05, 0.1) is 25.4 Å². The lowest BCUT2D eigenvalue weighted by molar-refractivity contribution is -0.908. The maximum Gasteiger partial charge on any atom is 0.196 e. The zero-order chi connectivity index (χ0) is 15.9. The Kier molecular flexibility index (Phi) is 6.41. The number of halogens is 3. The van der Waals surface area contributed by atoms with Crippen molar-refractivity contribution in [1.82, 2.24) is 5.32 Å². The van der Waals surface area contributed by atoms with Gasteiger partial charge in [0.1, 0.15) is 13.1 Å². The van der Waals surface area contributed by atoms with E-state index in [1.165, 1.54) is 4.90 Å². The fourth-order valence-electron chi connectivity index (χ4n) is 2.24. The van der Waals surface area contributed by atoms with Gasteiger partial charge < -0.3 is 20.3 Å². The third-order valence-electron chi connectivity index (χ3n) is 3.48. The van der Waals surface area contributed by atoms with E-state index in [-0.39, 0.29) is 10.8 Å². The van der Waals surface area contributed by atoms with E-state index in [4.69, 9.17) is 17.0 Å². The number of benzene rings is 1. The van der Waals surface area contributed by atoms with Crippen molar-refractivity contribution in [3.05, 3.63) is 29.6 Å². The van der Waals surface area contributed by atoms with Crippen LogP contribution in [-0.2, 0) is 4.74 Å². The molecule has 1 heterocycles. The van der Waals surface area contributed by atoms with Crippen molar-refractivity contribution in [3.63, 3.8) is 0 Å². The molecule has 0 unspecified atom stereocenters. The predicted molar refractivity (Wildman–Crippen MR) is 81.5 cm³/mol. The highest BCUT2D eigenvalue weighted by atomic mass is 32.1. The van der Waals surface area contributed by atoms with Crippen LogP contribution in [0.3, 0.4) is 0 Å². The van der Waals surface area contributed by atoms with Crippen LogP contribution in [0.4, 0.5) is 18.9 Å². The second-order valence-corrected chi connectivity index (χ2v) is 5.48. The molecule has 4 nitrogen and oxygen atoms in total. The highest BCUT2D eigenvalue weighted by Crippen LogP contribution is 2.19. The number of rotatable bonds is 5. The summed E-state index contributed by atoms with van der Waals surface area (Å²) in [5, 5.41) is 5.64. The van der Waals surface area contributed by atoms with Crippen molar-refractivity contribution < 1.29 is 22.8 Å². The van der Waals surface area contributed by atoms with Crippen molar-refractivity contribution in [2.75, 3.05) is 44.7 Å². The first-order valence-electron chi connectivity index (χ1n) is 7.17. The molecule has 1 aromatic rings. The Bertz CT molecular complexity index is 524. The monoisotopic (exact) mass is 334 g/mol. The van der Waals surface area contributed by atoms with Gasteiger partial charge in [0.25, 0.3) is 0 Å². The van der Waals surface area contributed by atoms with E-state index in [0.717, 1.165) is 51.4 Å². The molecule has 1 aliphatic heterocycles. The van der Waals surface area contributed by atoms with Gasteiger partial charge in [-0.25, -0.2) is 13.2 Å². The van der Waals surface area contributed by atoms with E-state index in [1.54, 1.807) is 0 Å². The standard InChI is InChI=1S/C14H18F3N3OS/c15-10-2-3-11(13(17)12(10)16)19-14(22)18-4-1-5-20-6-8-21-9-7-20/h2-3H,1,4-9H2,(H2,18,19,22)/p+1. The fourth-order valence-corrected chi connectivity index (χ4v) is 2.45. The molecule has 1 saturated heterocycles. The van der Waals surface area contributed by atoms with E-state index in [9.17, 15) is 13.2 Å². The number of morpholine rings is 1. The Hall–Kier alpha value is -1.38. The summed E-state index contributed by atoms with van der Waals surface area (Å²) in [4.78, 5) is 1.48. The molecule has 0 radical (unpaired) electrons. The second kappa shape index (κ2) is 8.30. The molecule has 0 aliphatic carbocycles. The zero-order valence-corrected chi connectivity index (χ0v) is 12.9. The smallest absolute Gasteiger partial charge is 0.196 e. The van der Waals surface area contributed by atoms with Crippen molar-refractivity contribution >= 4 is 23.0 Å². The van der Waals surface area contributed by atoms with Crippen LogP contribution < -0.4 is 15.5 Å². The van der Waals surface area contributed by atoms with Crippen LogP contribution in [0.2, 0.25) is 0 Å². The van der Waals surface area contributed by atoms with Crippen LogP contribution in [0.15, 0.2) is 12.1 Å². The van der Waals surface area contributed by atoms with Crippen LogP contribution in [0.25, 0.3) is 0 Å². The summed E-state index contributed by atoms with van der Waals surface area (Å²) in [6.45, 7) is 5.21. The molecule has 2 rings (SSSR count). The molecule has 0 spiro atoms. The van der Waals surface area contributed by atoms with Crippen LogP contribution in [0.5, 0.6) is 0 Å². The first-order chi connectivity index (χ1) is 10.6. The Labute approximate surface area is 132 Å². The molecule has 1 aromatic carbocycles. The average Bonchev–Trinajstić information content (AvgIpc) is 2.53. The van der Waals surface area contributed by atoms with Gasteiger partial charge in [0, 0.05) is 13.0 Å². The van der Waals surface area contributed by atoms with Gasteiger partial charge in [-0.2, -0.15) is 0 Å². The normalized spacial score (nSPS) is 15.6. The van der Waals surface area contributed by atoms with Gasteiger partial charge in [-0.3, -0.25) is 0 Å². The first-order valence-corrected chi connectivity index (χ1v) is 7.58. The summed E-state index contributed by atoms with van der Waals surface area (Å²) >= 11 is 5.01. The average molecular weight is 334 g/mol. The van der Waals surface area contributed by atoms with Gasteiger partial charge >= 0.3 is 0 Å². The lowest BCUT2D eigenvalue weighted by Crippen LogP contribution is -3.14. The Morgan fingerprint density at radius 3 is 2.64 bits per heavy atom. The number of hydrogen-bond acceptors (Lipinski definition) is 2. The maximum absolute atomic E-state index is 13.5. The minimum Gasteiger partial charge on any atom is -0.370 e. The first kappa shape index (κ1) is 17.0. The van der Waals surface area contributed by atoms with E-state index >= 15 is 0 Å². The molecule has 0 saturated carbocycles. The Morgan fingerprint density at radius 1 is 1.18 bits per heavy atom. The third kappa shape index (κ3) is 4.82. The van der Waals surface area contributed by atoms with Gasteiger partial charge in [-0.05, 0) is 24.4 Å². The van der Waals surface area contributed by atoms with Crippen LogP contribution in [0, 0.1) is 17.5 Å². The third-order valence-corrected chi connectivity index (χ3v) is 3.72. The van der Waals surface area contributed by atoms with Crippen molar-refractivity contribution in [3.8, 4) is 0 Å². The molecule has 22 heavy (non-hydrogen) atoms. The molecule has 0 amide bonds. The minimum atomic E-state index is -1.51. The van der Waals surface area contributed by atoms with E-state index < -0.39 is 17.5 Å². The number of hydrogen-bond donors (Lipinski definition) is 3. The molecule has 1 aliphatic rings. The van der Waals surface area contributed by atoms with Gasteiger partial charge in [-0.15, -0.1) is 0 Å². The van der Waals surface area contributed by atoms with Crippen molar-refractivity contribution in [2.24, 2.45) is 0 Å². The summed E-state index contributed by atoms with van der Waals surface area (Å²) in [7, 11) is 0. The summed E-state index contributed by atoms with van der Waals surface area (Å²) in [5.74, 6) is -4.01. The molecule has 3 N–H and O–H groups in total. The molecule has 0 bridgehead atoms. The minimum absolute atomic E-state index is 0.182. The van der Waals surface area contributed by atoms with Gasteiger partial charge in [0.15, 0.2) is 22.6 Å². The van der Waals surface area contributed by atoms with Gasteiger partial charge in [-0.1, -0.05) is 0 Å². The van der Waals surface area contributed by atoms with E-state index in [0.29, 0.717) is 6.54 Å². The van der Waals surface area contributed by atoms with Crippen molar-refractivity contribution in [1.29, 1.82) is 0 Å². The number of anilines is 1. The van der Waals surface area contributed by atoms with E-state index in [2.05, 4.69) is 10.6 Å². The largest absolute Gasteiger partial charge is 0.370 e. The highest BCUT2D eigenvalue weighted by molar-refractivity contribution is 7.80. The van der Waals surface area contributed by atoms with Crippen LogP contribution in [-0.4, -0.2) is 44.5 Å². The number of nitrogens with one attached hydrogen (secondary N) is 3. The lowest BCUT2D eigenvalue weighted by atomic mass is 10.3. The lowest BCUT2D eigenvalue weighted by Gasteiger charge is -2.23.